The lowest BCUT2D eigenvalue weighted by Gasteiger charge is -2.14. The topological polar surface area (TPSA) is 47.6 Å². The van der Waals surface area contributed by atoms with E-state index in [2.05, 4.69) is 5.32 Å². The van der Waals surface area contributed by atoms with Gasteiger partial charge in [0, 0.05) is 13.7 Å². The van der Waals surface area contributed by atoms with Crippen LogP contribution in [0, 0.1) is 11.3 Å². The molecule has 0 aromatic carbocycles. The van der Waals surface area contributed by atoms with Crippen LogP contribution in [0.2, 0.25) is 0 Å². The normalized spacial score (nSPS) is 21.8. The molecule has 1 amide bonds. The molecule has 0 aliphatic heterocycles. The number of carbonyl (C=O) groups is 1. The van der Waals surface area contributed by atoms with Crippen molar-refractivity contribution < 1.29 is 14.3 Å². The van der Waals surface area contributed by atoms with Crippen molar-refractivity contribution in [1.82, 2.24) is 5.32 Å². The fourth-order valence-corrected chi connectivity index (χ4v) is 2.22. The van der Waals surface area contributed by atoms with Gasteiger partial charge in [0.15, 0.2) is 0 Å². The molecule has 0 atom stereocenters. The molecular formula is C12H21NO3. The zero-order valence-corrected chi connectivity index (χ0v) is 9.96. The van der Waals surface area contributed by atoms with Crippen LogP contribution in [0.4, 0.5) is 0 Å². The van der Waals surface area contributed by atoms with E-state index in [-0.39, 0.29) is 12.5 Å². The van der Waals surface area contributed by atoms with Gasteiger partial charge in [-0.05, 0) is 37.0 Å². The van der Waals surface area contributed by atoms with Crippen LogP contribution in [0.25, 0.3) is 0 Å². The highest BCUT2D eigenvalue weighted by Crippen LogP contribution is 2.60. The number of hydrogen-bond donors (Lipinski definition) is 1. The highest BCUT2D eigenvalue weighted by molar-refractivity contribution is 5.77. The number of amides is 1. The zero-order chi connectivity index (χ0) is 11.4. The minimum atomic E-state index is 0.00280. The van der Waals surface area contributed by atoms with Crippen LogP contribution in [0.3, 0.4) is 0 Å². The summed E-state index contributed by atoms with van der Waals surface area (Å²) in [5.74, 6) is 0.894. The summed E-state index contributed by atoms with van der Waals surface area (Å²) in [6.45, 7) is 2.03. The average molecular weight is 227 g/mol. The smallest absolute Gasteiger partial charge is 0.246 e. The van der Waals surface area contributed by atoms with Crippen LogP contribution in [0.15, 0.2) is 0 Å². The maximum Gasteiger partial charge on any atom is 0.246 e. The molecule has 2 fully saturated rings. The molecular weight excluding hydrogens is 206 g/mol. The summed E-state index contributed by atoms with van der Waals surface area (Å²) >= 11 is 0. The van der Waals surface area contributed by atoms with Gasteiger partial charge < -0.3 is 14.8 Å². The fourth-order valence-electron chi connectivity index (χ4n) is 2.22. The second-order valence-electron chi connectivity index (χ2n) is 4.96. The van der Waals surface area contributed by atoms with Gasteiger partial charge in [-0.15, -0.1) is 0 Å². The summed E-state index contributed by atoms with van der Waals surface area (Å²) in [5.41, 5.74) is 0.474. The Morgan fingerprint density at radius 2 is 2.12 bits per heavy atom. The third-order valence-corrected chi connectivity index (χ3v) is 3.64. The number of rotatable bonds is 8. The molecule has 2 aliphatic carbocycles. The molecule has 4 heteroatoms. The molecule has 4 nitrogen and oxygen atoms in total. The first kappa shape index (κ1) is 11.9. The standard InChI is InChI=1S/C12H21NO3/c1-15-6-7-16-8-11(14)13-9-12(4-5-12)10-2-3-10/h10H,2-9H2,1H3,(H,13,14). The molecule has 2 saturated carbocycles. The number of carbonyl (C=O) groups excluding carboxylic acids is 1. The third-order valence-electron chi connectivity index (χ3n) is 3.64. The molecule has 16 heavy (non-hydrogen) atoms. The Labute approximate surface area is 96.7 Å². The second kappa shape index (κ2) is 5.15. The molecule has 0 aromatic rings. The van der Waals surface area contributed by atoms with Crippen LogP contribution in [-0.4, -0.2) is 39.4 Å². The molecule has 1 N–H and O–H groups in total. The van der Waals surface area contributed by atoms with Crippen LogP contribution in [-0.2, 0) is 14.3 Å². The Hall–Kier alpha value is -0.610. The van der Waals surface area contributed by atoms with E-state index in [0.717, 1.165) is 12.5 Å². The van der Waals surface area contributed by atoms with E-state index in [1.54, 1.807) is 7.11 Å². The lowest BCUT2D eigenvalue weighted by molar-refractivity contribution is -0.126. The Bertz CT molecular complexity index is 247. The van der Waals surface area contributed by atoms with Gasteiger partial charge in [-0.1, -0.05) is 0 Å². The van der Waals surface area contributed by atoms with Crippen LogP contribution in [0.1, 0.15) is 25.7 Å². The summed E-state index contributed by atoms with van der Waals surface area (Å²) in [4.78, 5) is 11.4. The molecule has 2 rings (SSSR count). The number of nitrogens with one attached hydrogen (secondary N) is 1. The van der Waals surface area contributed by atoms with E-state index in [1.165, 1.54) is 25.7 Å². The van der Waals surface area contributed by atoms with Crippen molar-refractivity contribution >= 4 is 5.91 Å². The minimum Gasteiger partial charge on any atom is -0.382 e. The highest BCUT2D eigenvalue weighted by atomic mass is 16.5. The molecule has 2 aliphatic rings. The van der Waals surface area contributed by atoms with Crippen molar-refractivity contribution in [2.75, 3.05) is 33.5 Å². The summed E-state index contributed by atoms with van der Waals surface area (Å²) in [7, 11) is 1.62. The predicted molar refractivity (Wildman–Crippen MR) is 60.1 cm³/mol. The van der Waals surface area contributed by atoms with Gasteiger partial charge in [0.1, 0.15) is 6.61 Å². The zero-order valence-electron chi connectivity index (χ0n) is 9.96. The van der Waals surface area contributed by atoms with Crippen LogP contribution >= 0.6 is 0 Å². The first-order valence-electron chi connectivity index (χ1n) is 6.10. The van der Waals surface area contributed by atoms with Crippen molar-refractivity contribution in [3.8, 4) is 0 Å². The summed E-state index contributed by atoms with van der Waals surface area (Å²) in [5, 5.41) is 2.98. The molecule has 0 saturated heterocycles. The van der Waals surface area contributed by atoms with E-state index in [1.807, 2.05) is 0 Å². The van der Waals surface area contributed by atoms with Gasteiger partial charge in [0.25, 0.3) is 0 Å². The predicted octanol–water partition coefficient (Wildman–Crippen LogP) is 0.956. The van der Waals surface area contributed by atoms with Crippen LogP contribution in [0.5, 0.6) is 0 Å². The number of ether oxygens (including phenoxy) is 2. The van der Waals surface area contributed by atoms with Crippen molar-refractivity contribution in [3.05, 3.63) is 0 Å². The summed E-state index contributed by atoms with van der Waals surface area (Å²) < 4.78 is 9.99. The summed E-state index contributed by atoms with van der Waals surface area (Å²) in [6.07, 6.45) is 5.31. The van der Waals surface area contributed by atoms with E-state index in [9.17, 15) is 4.79 Å². The maximum atomic E-state index is 11.4. The van der Waals surface area contributed by atoms with Gasteiger partial charge >= 0.3 is 0 Å². The van der Waals surface area contributed by atoms with E-state index >= 15 is 0 Å². The van der Waals surface area contributed by atoms with E-state index in [4.69, 9.17) is 9.47 Å². The van der Waals surface area contributed by atoms with Crippen molar-refractivity contribution in [2.24, 2.45) is 11.3 Å². The van der Waals surface area contributed by atoms with Crippen LogP contribution < -0.4 is 5.32 Å². The molecule has 0 unspecified atom stereocenters. The third kappa shape index (κ3) is 3.19. The number of hydrogen-bond acceptors (Lipinski definition) is 3. The Kier molecular flexibility index (Phi) is 3.82. The molecule has 0 bridgehead atoms. The largest absolute Gasteiger partial charge is 0.382 e. The molecule has 0 spiro atoms. The molecule has 92 valence electrons. The monoisotopic (exact) mass is 227 g/mol. The van der Waals surface area contributed by atoms with E-state index in [0.29, 0.717) is 18.6 Å². The first-order chi connectivity index (χ1) is 7.77. The van der Waals surface area contributed by atoms with Crippen molar-refractivity contribution in [3.63, 3.8) is 0 Å². The number of methoxy groups -OCH3 is 1. The van der Waals surface area contributed by atoms with Gasteiger partial charge in [-0.25, -0.2) is 0 Å². The Morgan fingerprint density at radius 3 is 2.69 bits per heavy atom. The molecule has 0 heterocycles. The summed E-state index contributed by atoms with van der Waals surface area (Å²) in [6, 6.07) is 0. The fraction of sp³-hybridized carbons (Fsp3) is 0.917. The first-order valence-corrected chi connectivity index (χ1v) is 6.10. The maximum absolute atomic E-state index is 11.4. The van der Waals surface area contributed by atoms with Gasteiger partial charge in [0.2, 0.25) is 5.91 Å². The van der Waals surface area contributed by atoms with Crippen molar-refractivity contribution in [2.45, 2.75) is 25.7 Å². The average Bonchev–Trinajstić information content (AvgIpc) is 3.14. The molecule has 0 radical (unpaired) electrons. The second-order valence-corrected chi connectivity index (χ2v) is 4.96. The highest BCUT2D eigenvalue weighted by Gasteiger charge is 2.53. The van der Waals surface area contributed by atoms with Gasteiger partial charge in [-0.2, -0.15) is 0 Å². The van der Waals surface area contributed by atoms with Crippen molar-refractivity contribution in [1.29, 1.82) is 0 Å². The van der Waals surface area contributed by atoms with Gasteiger partial charge in [0.05, 0.1) is 13.2 Å². The Balaban J connectivity index is 1.54. The quantitative estimate of drug-likeness (QED) is 0.628. The lowest BCUT2D eigenvalue weighted by Crippen LogP contribution is -2.34. The Morgan fingerprint density at radius 1 is 1.38 bits per heavy atom. The van der Waals surface area contributed by atoms with Gasteiger partial charge in [-0.3, -0.25) is 4.79 Å². The van der Waals surface area contributed by atoms with E-state index < -0.39 is 0 Å². The minimum absolute atomic E-state index is 0.00280. The molecule has 0 aromatic heterocycles. The lowest BCUT2D eigenvalue weighted by atomic mass is 10.0. The SMILES string of the molecule is COCCOCC(=O)NCC1(C2CC2)CC1.